The molecule has 0 bridgehead atoms. The van der Waals surface area contributed by atoms with Gasteiger partial charge >= 0.3 is 0 Å². The van der Waals surface area contributed by atoms with E-state index in [1.165, 1.54) is 55.3 Å². The van der Waals surface area contributed by atoms with E-state index in [-0.39, 0.29) is 10.8 Å². The van der Waals surface area contributed by atoms with Crippen molar-refractivity contribution in [3.8, 4) is 33.8 Å². The van der Waals surface area contributed by atoms with E-state index in [1.807, 2.05) is 0 Å². The molecule has 1 aliphatic heterocycles. The first kappa shape index (κ1) is 23.3. The smallest absolute Gasteiger partial charge is 0.139 e. The van der Waals surface area contributed by atoms with E-state index in [4.69, 9.17) is 4.74 Å². The van der Waals surface area contributed by atoms with Gasteiger partial charge in [-0.25, -0.2) is 0 Å². The van der Waals surface area contributed by atoms with Crippen LogP contribution >= 0.6 is 0 Å². The standard InChI is InChI=1S/C39H30O/c1-38(2)34-24-26(21-22-30(34)31-23-20-25-12-7-8-15-28(25)36(31)38)29-16-11-18-33-37(29)40-35-19-10-9-17-32(35)39(33,3)27-13-5-4-6-14-27/h4-24H,1-3H3. The summed E-state index contributed by atoms with van der Waals surface area (Å²) < 4.78 is 6.77. The lowest BCUT2D eigenvalue weighted by Gasteiger charge is -2.39. The Kier molecular flexibility index (Phi) is 4.77. The first-order valence-electron chi connectivity index (χ1n) is 14.1. The second-order valence-corrected chi connectivity index (χ2v) is 11.9. The van der Waals surface area contributed by atoms with Gasteiger partial charge in [-0.1, -0.05) is 129 Å². The molecular formula is C39H30O. The van der Waals surface area contributed by atoms with Crippen molar-refractivity contribution in [2.24, 2.45) is 0 Å². The highest BCUT2D eigenvalue weighted by molar-refractivity contribution is 5.98. The number of para-hydroxylation sites is 2. The molecule has 0 saturated carbocycles. The van der Waals surface area contributed by atoms with Gasteiger partial charge < -0.3 is 4.74 Å². The van der Waals surface area contributed by atoms with Crippen LogP contribution in [-0.2, 0) is 10.8 Å². The number of hydrogen-bond acceptors (Lipinski definition) is 1. The molecule has 6 aromatic carbocycles. The summed E-state index contributed by atoms with van der Waals surface area (Å²) in [5, 5.41) is 2.64. The Balaban J connectivity index is 1.34. The lowest BCUT2D eigenvalue weighted by Crippen LogP contribution is -2.29. The Labute approximate surface area is 235 Å². The Morgan fingerprint density at radius 3 is 2.12 bits per heavy atom. The maximum absolute atomic E-state index is 6.77. The Hall–Kier alpha value is -4.62. The summed E-state index contributed by atoms with van der Waals surface area (Å²) in [4.78, 5) is 0. The number of ether oxygens (including phenoxy) is 1. The maximum Gasteiger partial charge on any atom is 0.139 e. The van der Waals surface area contributed by atoms with Gasteiger partial charge in [0.25, 0.3) is 0 Å². The van der Waals surface area contributed by atoms with E-state index in [0.717, 1.165) is 17.1 Å². The Bertz CT molecular complexity index is 1960. The zero-order valence-electron chi connectivity index (χ0n) is 23.0. The third kappa shape index (κ3) is 3.04. The van der Waals surface area contributed by atoms with E-state index in [2.05, 4.69) is 148 Å². The van der Waals surface area contributed by atoms with Gasteiger partial charge in [0.1, 0.15) is 11.5 Å². The highest BCUT2D eigenvalue weighted by Crippen LogP contribution is 2.56. The third-order valence-corrected chi connectivity index (χ3v) is 9.39. The van der Waals surface area contributed by atoms with Crippen LogP contribution in [-0.4, -0.2) is 0 Å². The maximum atomic E-state index is 6.77. The summed E-state index contributed by atoms with van der Waals surface area (Å²) >= 11 is 0. The fraction of sp³-hybridized carbons (Fsp3) is 0.128. The molecule has 1 atom stereocenters. The van der Waals surface area contributed by atoms with Crippen molar-refractivity contribution in [1.29, 1.82) is 0 Å². The van der Waals surface area contributed by atoms with Crippen LogP contribution in [0.2, 0.25) is 0 Å². The molecule has 0 amide bonds. The van der Waals surface area contributed by atoms with Crippen molar-refractivity contribution in [1.82, 2.24) is 0 Å². The van der Waals surface area contributed by atoms with Crippen LogP contribution in [0.15, 0.2) is 127 Å². The van der Waals surface area contributed by atoms with Gasteiger partial charge in [-0.15, -0.1) is 0 Å². The minimum Gasteiger partial charge on any atom is -0.456 e. The molecule has 0 radical (unpaired) electrons. The van der Waals surface area contributed by atoms with Crippen LogP contribution in [0.4, 0.5) is 0 Å². The van der Waals surface area contributed by atoms with Gasteiger partial charge in [-0.3, -0.25) is 0 Å². The molecule has 0 spiro atoms. The predicted molar refractivity (Wildman–Crippen MR) is 165 cm³/mol. The van der Waals surface area contributed by atoms with Gasteiger partial charge in [0, 0.05) is 27.5 Å². The van der Waals surface area contributed by atoms with Gasteiger partial charge in [0.2, 0.25) is 0 Å². The van der Waals surface area contributed by atoms with Crippen LogP contribution in [0, 0.1) is 0 Å². The summed E-state index contributed by atoms with van der Waals surface area (Å²) in [6.45, 7) is 7.07. The molecule has 1 heteroatoms. The van der Waals surface area contributed by atoms with Crippen molar-refractivity contribution >= 4 is 10.8 Å². The average Bonchev–Trinajstić information content (AvgIpc) is 3.23. The monoisotopic (exact) mass is 514 g/mol. The lowest BCUT2D eigenvalue weighted by atomic mass is 9.68. The number of rotatable bonds is 2. The van der Waals surface area contributed by atoms with E-state index >= 15 is 0 Å². The highest BCUT2D eigenvalue weighted by Gasteiger charge is 2.41. The number of benzene rings is 6. The summed E-state index contributed by atoms with van der Waals surface area (Å²) in [7, 11) is 0. The van der Waals surface area contributed by atoms with Gasteiger partial charge in [0.15, 0.2) is 0 Å². The highest BCUT2D eigenvalue weighted by atomic mass is 16.5. The molecule has 1 unspecified atom stereocenters. The average molecular weight is 515 g/mol. The summed E-state index contributed by atoms with van der Waals surface area (Å²) in [6.07, 6.45) is 0. The first-order chi connectivity index (χ1) is 19.5. The van der Waals surface area contributed by atoms with Crippen LogP contribution in [0.3, 0.4) is 0 Å². The quantitative estimate of drug-likeness (QED) is 0.223. The van der Waals surface area contributed by atoms with Crippen molar-refractivity contribution in [3.05, 3.63) is 155 Å². The zero-order chi connectivity index (χ0) is 27.1. The van der Waals surface area contributed by atoms with Crippen molar-refractivity contribution in [2.45, 2.75) is 31.6 Å². The zero-order valence-corrected chi connectivity index (χ0v) is 23.0. The van der Waals surface area contributed by atoms with E-state index < -0.39 is 0 Å². The predicted octanol–water partition coefficient (Wildman–Crippen LogP) is 10.3. The fourth-order valence-electron chi connectivity index (χ4n) is 7.34. The van der Waals surface area contributed by atoms with E-state index in [1.54, 1.807) is 0 Å². The molecule has 192 valence electrons. The van der Waals surface area contributed by atoms with Gasteiger partial charge in [-0.05, 0) is 63.2 Å². The minimum atomic E-state index is -0.327. The largest absolute Gasteiger partial charge is 0.456 e. The first-order valence-corrected chi connectivity index (χ1v) is 14.1. The normalized spacial score (nSPS) is 17.9. The second kappa shape index (κ2) is 8.19. The molecule has 8 rings (SSSR count). The van der Waals surface area contributed by atoms with Crippen LogP contribution in [0.1, 0.15) is 48.6 Å². The second-order valence-electron chi connectivity index (χ2n) is 11.9. The topological polar surface area (TPSA) is 9.23 Å². The summed E-state index contributed by atoms with van der Waals surface area (Å²) in [5.74, 6) is 1.88. The molecule has 0 saturated heterocycles. The molecule has 0 fully saturated rings. The van der Waals surface area contributed by atoms with E-state index in [9.17, 15) is 0 Å². The Morgan fingerprint density at radius 1 is 0.525 bits per heavy atom. The van der Waals surface area contributed by atoms with Gasteiger partial charge in [0.05, 0.1) is 0 Å². The van der Waals surface area contributed by atoms with Gasteiger partial charge in [-0.2, -0.15) is 0 Å². The molecule has 40 heavy (non-hydrogen) atoms. The fourth-order valence-corrected chi connectivity index (χ4v) is 7.34. The van der Waals surface area contributed by atoms with Crippen molar-refractivity contribution < 1.29 is 4.74 Å². The Morgan fingerprint density at radius 2 is 1.25 bits per heavy atom. The summed E-state index contributed by atoms with van der Waals surface area (Å²) in [6, 6.07) is 46.3. The van der Waals surface area contributed by atoms with E-state index in [0.29, 0.717) is 0 Å². The molecule has 1 nitrogen and oxygen atoms in total. The molecule has 6 aromatic rings. The molecule has 0 aromatic heterocycles. The summed E-state index contributed by atoms with van der Waals surface area (Å²) in [5.41, 5.74) is 11.0. The molecule has 0 N–H and O–H groups in total. The van der Waals surface area contributed by atoms with Crippen LogP contribution < -0.4 is 4.74 Å². The lowest BCUT2D eigenvalue weighted by molar-refractivity contribution is 0.429. The third-order valence-electron chi connectivity index (χ3n) is 9.39. The molecule has 1 heterocycles. The number of hydrogen-bond donors (Lipinski definition) is 0. The number of fused-ring (bicyclic) bond motifs is 7. The molecular weight excluding hydrogens is 484 g/mol. The van der Waals surface area contributed by atoms with Crippen molar-refractivity contribution in [3.63, 3.8) is 0 Å². The van der Waals surface area contributed by atoms with Crippen LogP contribution in [0.25, 0.3) is 33.0 Å². The molecule has 1 aliphatic carbocycles. The SMILES string of the molecule is CC1(C)c2cc(-c3cccc4c3Oc3ccccc3C4(C)c3ccccc3)ccc2-c2ccc3ccccc3c21. The minimum absolute atomic E-state index is 0.109. The van der Waals surface area contributed by atoms with Crippen molar-refractivity contribution in [2.75, 3.05) is 0 Å². The molecule has 2 aliphatic rings. The van der Waals surface area contributed by atoms with Crippen LogP contribution in [0.5, 0.6) is 11.5 Å².